The van der Waals surface area contributed by atoms with Gasteiger partial charge in [-0.1, -0.05) is 29.8 Å². The summed E-state index contributed by atoms with van der Waals surface area (Å²) in [5.74, 6) is 0. The molecule has 0 aliphatic heterocycles. The second-order valence-corrected chi connectivity index (χ2v) is 4.65. The summed E-state index contributed by atoms with van der Waals surface area (Å²) in [5, 5.41) is 3.52. The highest BCUT2D eigenvalue weighted by Gasteiger charge is 2.21. The zero-order chi connectivity index (χ0) is 11.6. The Bertz CT molecular complexity index is 429. The number of aryl methyl sites for hydroxylation is 1. The molecule has 0 fully saturated rings. The number of hydrogen-bond acceptors (Lipinski definition) is 2. The normalized spacial score (nSPS) is 24.0. The minimum atomic E-state index is -0.0296. The fraction of sp³-hybridized carbons (Fsp3) is 0.286. The van der Waals surface area contributed by atoms with Gasteiger partial charge in [-0.15, -0.1) is 0 Å². The maximum Gasteiger partial charge on any atom is 0.0567 e. The van der Waals surface area contributed by atoms with Gasteiger partial charge in [-0.25, -0.2) is 0 Å². The summed E-state index contributed by atoms with van der Waals surface area (Å²) >= 11 is 0. The van der Waals surface area contributed by atoms with Crippen LogP contribution >= 0.6 is 0 Å². The van der Waals surface area contributed by atoms with Crippen LogP contribution in [0.2, 0.25) is 0 Å². The van der Waals surface area contributed by atoms with Crippen molar-refractivity contribution in [2.24, 2.45) is 5.73 Å². The lowest BCUT2D eigenvalue weighted by molar-refractivity contribution is 0.636. The van der Waals surface area contributed by atoms with Crippen molar-refractivity contribution in [3.63, 3.8) is 0 Å². The number of benzene rings is 1. The van der Waals surface area contributed by atoms with E-state index in [1.54, 1.807) is 0 Å². The molecule has 0 bridgehead atoms. The zero-order valence-electron chi connectivity index (χ0n) is 9.83. The summed E-state index contributed by atoms with van der Waals surface area (Å²) < 4.78 is 0. The molecule has 1 aliphatic rings. The number of allylic oxidation sites excluding steroid dienone is 1. The highest BCUT2D eigenvalue weighted by molar-refractivity contribution is 5.49. The molecule has 0 saturated heterocycles. The average Bonchev–Trinajstić information content (AvgIpc) is 2.27. The first-order valence-corrected chi connectivity index (χ1v) is 5.57. The van der Waals surface area contributed by atoms with Gasteiger partial charge in [0.2, 0.25) is 0 Å². The van der Waals surface area contributed by atoms with Crippen LogP contribution in [-0.4, -0.2) is 5.54 Å². The van der Waals surface area contributed by atoms with Gasteiger partial charge in [-0.2, -0.15) is 0 Å². The highest BCUT2D eigenvalue weighted by Crippen LogP contribution is 2.24. The molecule has 84 valence electrons. The standard InChI is InChI=1S/C14H18N2/c1-11-3-5-13(6-4-11)16-14(2)9-7-12(15)8-10-14/h3-9,16H,10,15H2,1-2H3. The van der Waals surface area contributed by atoms with Crippen LogP contribution < -0.4 is 11.1 Å². The fourth-order valence-electron chi connectivity index (χ4n) is 1.81. The molecule has 1 aromatic rings. The fourth-order valence-corrected chi connectivity index (χ4v) is 1.81. The molecular weight excluding hydrogens is 196 g/mol. The molecule has 2 rings (SSSR count). The van der Waals surface area contributed by atoms with Crippen molar-refractivity contribution in [3.05, 3.63) is 53.8 Å². The summed E-state index contributed by atoms with van der Waals surface area (Å²) in [4.78, 5) is 0. The molecule has 0 heterocycles. The van der Waals surface area contributed by atoms with Gasteiger partial charge in [0.25, 0.3) is 0 Å². The summed E-state index contributed by atoms with van der Waals surface area (Å²) in [6.07, 6.45) is 7.07. The number of nitrogens with two attached hydrogens (primary N) is 1. The molecule has 0 amide bonds. The van der Waals surface area contributed by atoms with E-state index in [4.69, 9.17) is 5.73 Å². The first-order chi connectivity index (χ1) is 7.57. The Kier molecular flexibility index (Phi) is 2.73. The van der Waals surface area contributed by atoms with Crippen LogP contribution in [0.3, 0.4) is 0 Å². The number of hydrogen-bond donors (Lipinski definition) is 2. The van der Waals surface area contributed by atoms with Crippen molar-refractivity contribution < 1.29 is 0 Å². The molecule has 0 spiro atoms. The Balaban J connectivity index is 2.10. The van der Waals surface area contributed by atoms with E-state index in [-0.39, 0.29) is 5.54 Å². The maximum absolute atomic E-state index is 5.72. The van der Waals surface area contributed by atoms with E-state index in [0.717, 1.165) is 17.8 Å². The average molecular weight is 214 g/mol. The topological polar surface area (TPSA) is 38.0 Å². The quantitative estimate of drug-likeness (QED) is 0.794. The molecule has 2 nitrogen and oxygen atoms in total. The van der Waals surface area contributed by atoms with Gasteiger partial charge in [0.1, 0.15) is 0 Å². The van der Waals surface area contributed by atoms with Gasteiger partial charge >= 0.3 is 0 Å². The molecule has 0 saturated carbocycles. The van der Waals surface area contributed by atoms with Gasteiger partial charge in [0.15, 0.2) is 0 Å². The van der Waals surface area contributed by atoms with E-state index in [2.05, 4.69) is 55.6 Å². The van der Waals surface area contributed by atoms with E-state index in [0.29, 0.717) is 0 Å². The highest BCUT2D eigenvalue weighted by atomic mass is 15.0. The van der Waals surface area contributed by atoms with Gasteiger partial charge in [-0.3, -0.25) is 0 Å². The molecule has 0 radical (unpaired) electrons. The van der Waals surface area contributed by atoms with Gasteiger partial charge in [0, 0.05) is 11.4 Å². The lowest BCUT2D eigenvalue weighted by atomic mass is 9.92. The van der Waals surface area contributed by atoms with Crippen molar-refractivity contribution in [1.29, 1.82) is 0 Å². The molecule has 2 heteroatoms. The van der Waals surface area contributed by atoms with Crippen LogP contribution in [0.1, 0.15) is 18.9 Å². The largest absolute Gasteiger partial charge is 0.399 e. The Hall–Kier alpha value is -1.70. The minimum Gasteiger partial charge on any atom is -0.399 e. The maximum atomic E-state index is 5.72. The Labute approximate surface area is 96.9 Å². The molecule has 1 unspecified atom stereocenters. The van der Waals surface area contributed by atoms with Crippen LogP contribution in [0, 0.1) is 6.92 Å². The molecule has 1 aromatic carbocycles. The number of rotatable bonds is 2. The first kappa shape index (κ1) is 10.8. The lowest BCUT2D eigenvalue weighted by Crippen LogP contribution is -2.33. The van der Waals surface area contributed by atoms with Gasteiger partial charge in [0.05, 0.1) is 5.54 Å². The third-order valence-electron chi connectivity index (χ3n) is 2.89. The van der Waals surface area contributed by atoms with Crippen molar-refractivity contribution in [2.45, 2.75) is 25.8 Å². The molecule has 1 atom stereocenters. The van der Waals surface area contributed by atoms with Gasteiger partial charge in [-0.05, 0) is 38.5 Å². The summed E-state index contributed by atoms with van der Waals surface area (Å²) in [7, 11) is 0. The van der Waals surface area contributed by atoms with Crippen LogP contribution in [0.5, 0.6) is 0 Å². The Morgan fingerprint density at radius 1 is 1.25 bits per heavy atom. The van der Waals surface area contributed by atoms with Gasteiger partial charge < -0.3 is 11.1 Å². The second kappa shape index (κ2) is 4.05. The van der Waals surface area contributed by atoms with Crippen molar-refractivity contribution in [2.75, 3.05) is 5.32 Å². The lowest BCUT2D eigenvalue weighted by Gasteiger charge is -2.30. The van der Waals surface area contributed by atoms with E-state index in [1.807, 2.05) is 6.08 Å². The van der Waals surface area contributed by atoms with Crippen LogP contribution in [0.4, 0.5) is 5.69 Å². The Morgan fingerprint density at radius 2 is 1.94 bits per heavy atom. The van der Waals surface area contributed by atoms with E-state index >= 15 is 0 Å². The zero-order valence-corrected chi connectivity index (χ0v) is 9.83. The first-order valence-electron chi connectivity index (χ1n) is 5.57. The van der Waals surface area contributed by atoms with E-state index in [9.17, 15) is 0 Å². The van der Waals surface area contributed by atoms with Crippen molar-refractivity contribution in [1.82, 2.24) is 0 Å². The third kappa shape index (κ3) is 2.45. The van der Waals surface area contributed by atoms with Crippen LogP contribution in [-0.2, 0) is 0 Å². The van der Waals surface area contributed by atoms with Crippen LogP contribution in [0.15, 0.2) is 48.2 Å². The van der Waals surface area contributed by atoms with Crippen molar-refractivity contribution in [3.8, 4) is 0 Å². The van der Waals surface area contributed by atoms with Crippen molar-refractivity contribution >= 4 is 5.69 Å². The van der Waals surface area contributed by atoms with E-state index < -0.39 is 0 Å². The second-order valence-electron chi connectivity index (χ2n) is 4.65. The molecule has 16 heavy (non-hydrogen) atoms. The predicted molar refractivity (Wildman–Crippen MR) is 69.2 cm³/mol. The summed E-state index contributed by atoms with van der Waals surface area (Å²) in [5.41, 5.74) is 8.96. The monoisotopic (exact) mass is 214 g/mol. The van der Waals surface area contributed by atoms with Crippen LogP contribution in [0.25, 0.3) is 0 Å². The summed E-state index contributed by atoms with van der Waals surface area (Å²) in [6, 6.07) is 8.44. The summed E-state index contributed by atoms with van der Waals surface area (Å²) in [6.45, 7) is 4.27. The minimum absolute atomic E-state index is 0.0296. The number of nitrogens with one attached hydrogen (secondary N) is 1. The predicted octanol–water partition coefficient (Wildman–Crippen LogP) is 2.97. The smallest absolute Gasteiger partial charge is 0.0567 e. The van der Waals surface area contributed by atoms with E-state index in [1.165, 1.54) is 5.56 Å². The Morgan fingerprint density at radius 3 is 2.50 bits per heavy atom. The number of anilines is 1. The molecule has 3 N–H and O–H groups in total. The molecule has 1 aliphatic carbocycles. The molecular formula is C14H18N2. The SMILES string of the molecule is Cc1ccc(NC2(C)C=CC(N)=CC2)cc1. The third-order valence-corrected chi connectivity index (χ3v) is 2.89. The molecule has 0 aromatic heterocycles.